The highest BCUT2D eigenvalue weighted by Gasteiger charge is 2.44. The Hall–Kier alpha value is -2.48. The molecule has 1 saturated heterocycles. The van der Waals surface area contributed by atoms with Gasteiger partial charge in [-0.25, -0.2) is 25.5 Å². The van der Waals surface area contributed by atoms with Gasteiger partial charge in [-0.15, -0.1) is 0 Å². The molecule has 3 aliphatic heterocycles. The van der Waals surface area contributed by atoms with E-state index in [4.69, 9.17) is 9.68 Å². The third-order valence-electron chi connectivity index (χ3n) is 4.86. The van der Waals surface area contributed by atoms with Gasteiger partial charge in [-0.05, 0) is 17.7 Å². The summed E-state index contributed by atoms with van der Waals surface area (Å²) in [6.45, 7) is -0.394. The standard InChI is InChI=1S/C17H18N6O5S/c24-5-11-13(25)14(26)17(27-11)22-8-20-12-15(22)18-7-19-16(12)29-6-9-1-2-23-10(3-9)4-21-28-23/h1-4,7-8,11,13-14,17,21,24-26H,5-6H2. The average Bonchev–Trinajstić information content (AvgIpc) is 3.44. The van der Waals surface area contributed by atoms with Crippen molar-refractivity contribution in [1.29, 1.82) is 0 Å². The van der Waals surface area contributed by atoms with E-state index in [1.165, 1.54) is 24.4 Å². The lowest BCUT2D eigenvalue weighted by atomic mass is 10.1. The topological polar surface area (TPSA) is 138 Å². The number of nitrogens with zero attached hydrogens (tertiary/aromatic N) is 5. The molecule has 0 saturated carbocycles. The highest BCUT2D eigenvalue weighted by atomic mass is 32.2. The summed E-state index contributed by atoms with van der Waals surface area (Å²) in [6, 6.07) is 0. The molecule has 3 aliphatic rings. The van der Waals surface area contributed by atoms with Crippen LogP contribution >= 0.6 is 11.8 Å². The molecule has 4 unspecified atom stereocenters. The number of hydrogen-bond donors (Lipinski definition) is 4. The molecular formula is C17H18N6O5S. The number of nitrogens with one attached hydrogen (secondary N) is 1. The van der Waals surface area contributed by atoms with Crippen LogP contribution in [0, 0.1) is 0 Å². The number of ether oxygens (including phenoxy) is 1. The molecule has 4 N–H and O–H groups in total. The van der Waals surface area contributed by atoms with E-state index in [0.717, 1.165) is 11.3 Å². The van der Waals surface area contributed by atoms with E-state index < -0.39 is 31.1 Å². The molecule has 152 valence electrons. The van der Waals surface area contributed by atoms with Gasteiger partial charge in [0.15, 0.2) is 11.9 Å². The van der Waals surface area contributed by atoms with Crippen molar-refractivity contribution in [2.75, 3.05) is 12.4 Å². The number of aliphatic hydroxyl groups excluding tert-OH is 3. The number of allylic oxidation sites excluding steroid dienone is 2. The zero-order chi connectivity index (χ0) is 20.0. The van der Waals surface area contributed by atoms with E-state index in [0.29, 0.717) is 21.9 Å². The van der Waals surface area contributed by atoms with Crippen LogP contribution in [0.1, 0.15) is 6.23 Å². The Bertz CT molecular complexity index is 1020. The first-order chi connectivity index (χ1) is 14.2. The van der Waals surface area contributed by atoms with Crippen LogP contribution < -0.4 is 5.48 Å². The van der Waals surface area contributed by atoms with E-state index in [1.807, 2.05) is 18.4 Å². The van der Waals surface area contributed by atoms with Crippen LogP contribution in [0.15, 0.2) is 53.5 Å². The molecule has 2 aromatic rings. The van der Waals surface area contributed by atoms with Gasteiger partial charge in [0, 0.05) is 12.0 Å². The highest BCUT2D eigenvalue weighted by molar-refractivity contribution is 7.99. The largest absolute Gasteiger partial charge is 0.394 e. The second-order valence-electron chi connectivity index (χ2n) is 6.66. The van der Waals surface area contributed by atoms with Crippen LogP contribution in [-0.2, 0) is 9.68 Å². The third kappa shape index (κ3) is 3.19. The molecule has 12 heteroatoms. The van der Waals surface area contributed by atoms with Crippen molar-refractivity contribution in [3.8, 4) is 0 Å². The maximum absolute atomic E-state index is 10.3. The summed E-state index contributed by atoms with van der Waals surface area (Å²) in [4.78, 5) is 18.1. The van der Waals surface area contributed by atoms with Gasteiger partial charge < -0.3 is 20.1 Å². The van der Waals surface area contributed by atoms with Crippen LogP contribution in [0.5, 0.6) is 0 Å². The molecule has 0 aromatic carbocycles. The second kappa shape index (κ2) is 7.40. The number of hydroxylamine groups is 3. The Balaban J connectivity index is 1.37. The Morgan fingerprint density at radius 3 is 2.93 bits per heavy atom. The summed E-state index contributed by atoms with van der Waals surface area (Å²) in [7, 11) is 0. The van der Waals surface area contributed by atoms with Gasteiger partial charge >= 0.3 is 0 Å². The second-order valence-corrected chi connectivity index (χ2v) is 7.62. The summed E-state index contributed by atoms with van der Waals surface area (Å²) in [5.41, 5.74) is 5.73. The molecule has 11 nitrogen and oxygen atoms in total. The molecule has 0 aliphatic carbocycles. The quantitative estimate of drug-likeness (QED) is 0.372. The Morgan fingerprint density at radius 2 is 2.10 bits per heavy atom. The Kier molecular flexibility index (Phi) is 4.73. The zero-order valence-corrected chi connectivity index (χ0v) is 15.8. The maximum atomic E-state index is 10.3. The summed E-state index contributed by atoms with van der Waals surface area (Å²) in [5.74, 6) is 0.661. The SMILES string of the molecule is OCC1OC(n2cnc3c(SCC4=CC5=CNON5C=C4)ncnc32)C(O)C1O. The summed E-state index contributed by atoms with van der Waals surface area (Å²) in [5, 5.41) is 31.9. The molecule has 0 spiro atoms. The predicted molar refractivity (Wildman–Crippen MR) is 100 cm³/mol. The summed E-state index contributed by atoms with van der Waals surface area (Å²) in [6.07, 6.45) is 6.32. The van der Waals surface area contributed by atoms with E-state index in [2.05, 4.69) is 20.4 Å². The van der Waals surface area contributed by atoms with Crippen molar-refractivity contribution in [2.45, 2.75) is 29.6 Å². The first-order valence-corrected chi connectivity index (χ1v) is 9.87. The van der Waals surface area contributed by atoms with E-state index >= 15 is 0 Å². The molecule has 0 bridgehead atoms. The lowest BCUT2D eigenvalue weighted by molar-refractivity contribution is -0.112. The van der Waals surface area contributed by atoms with Gasteiger partial charge in [0.1, 0.15) is 35.2 Å². The van der Waals surface area contributed by atoms with Crippen LogP contribution in [-0.4, -0.2) is 70.6 Å². The van der Waals surface area contributed by atoms with Gasteiger partial charge in [0.25, 0.3) is 0 Å². The van der Waals surface area contributed by atoms with Crippen molar-refractivity contribution in [3.05, 3.63) is 48.5 Å². The molecule has 2 aromatic heterocycles. The lowest BCUT2D eigenvalue weighted by Crippen LogP contribution is -2.33. The van der Waals surface area contributed by atoms with Crippen molar-refractivity contribution in [3.63, 3.8) is 0 Å². The van der Waals surface area contributed by atoms with Crippen LogP contribution in [0.25, 0.3) is 11.2 Å². The molecule has 5 rings (SSSR count). The summed E-state index contributed by atoms with van der Waals surface area (Å²) < 4.78 is 7.13. The average molecular weight is 418 g/mol. The maximum Gasteiger partial charge on any atom is 0.166 e. The first kappa shape index (κ1) is 18.5. The van der Waals surface area contributed by atoms with Crippen LogP contribution in [0.2, 0.25) is 0 Å². The number of hydrogen-bond acceptors (Lipinski definition) is 11. The number of imidazole rings is 1. The van der Waals surface area contributed by atoms with Crippen LogP contribution in [0.4, 0.5) is 0 Å². The predicted octanol–water partition coefficient (Wildman–Crippen LogP) is -0.423. The van der Waals surface area contributed by atoms with Crippen molar-refractivity contribution in [1.82, 2.24) is 30.1 Å². The minimum atomic E-state index is -1.20. The molecule has 4 atom stereocenters. The van der Waals surface area contributed by atoms with Crippen LogP contribution in [0.3, 0.4) is 0 Å². The van der Waals surface area contributed by atoms with Gasteiger partial charge in [-0.1, -0.05) is 11.8 Å². The number of aliphatic hydroxyl groups is 3. The van der Waals surface area contributed by atoms with Crippen molar-refractivity contribution < 1.29 is 25.0 Å². The van der Waals surface area contributed by atoms with Gasteiger partial charge in [0.05, 0.1) is 24.8 Å². The highest BCUT2D eigenvalue weighted by Crippen LogP contribution is 2.33. The van der Waals surface area contributed by atoms with E-state index in [-0.39, 0.29) is 0 Å². The normalized spacial score (nSPS) is 28.4. The number of thioether (sulfide) groups is 1. The van der Waals surface area contributed by atoms with Crippen molar-refractivity contribution >= 4 is 22.9 Å². The number of aromatic nitrogens is 4. The molecule has 0 radical (unpaired) electrons. The minimum absolute atomic E-state index is 0.394. The number of fused-ring (bicyclic) bond motifs is 2. The lowest BCUT2D eigenvalue weighted by Gasteiger charge is -2.17. The van der Waals surface area contributed by atoms with Gasteiger partial charge in [0.2, 0.25) is 0 Å². The van der Waals surface area contributed by atoms with Crippen molar-refractivity contribution in [2.24, 2.45) is 0 Å². The van der Waals surface area contributed by atoms with Gasteiger partial charge in [-0.3, -0.25) is 4.57 Å². The third-order valence-corrected chi connectivity index (χ3v) is 5.91. The molecule has 0 amide bonds. The molecule has 1 fully saturated rings. The first-order valence-electron chi connectivity index (χ1n) is 8.89. The fourth-order valence-corrected chi connectivity index (χ4v) is 4.24. The Morgan fingerprint density at radius 1 is 1.21 bits per heavy atom. The zero-order valence-electron chi connectivity index (χ0n) is 15.0. The smallest absolute Gasteiger partial charge is 0.166 e. The monoisotopic (exact) mass is 418 g/mol. The Labute approximate surface area is 168 Å². The fourth-order valence-electron chi connectivity index (χ4n) is 3.36. The molecule has 29 heavy (non-hydrogen) atoms. The van der Waals surface area contributed by atoms with Gasteiger partial charge in [-0.2, -0.15) is 4.94 Å². The fraction of sp³-hybridized carbons (Fsp3) is 0.353. The van der Waals surface area contributed by atoms with E-state index in [9.17, 15) is 15.3 Å². The minimum Gasteiger partial charge on any atom is -0.394 e. The molecule has 5 heterocycles. The summed E-state index contributed by atoms with van der Waals surface area (Å²) >= 11 is 1.51. The van der Waals surface area contributed by atoms with E-state index in [1.54, 1.807) is 15.8 Å². The number of rotatable bonds is 5. The molecular weight excluding hydrogens is 400 g/mol.